The van der Waals surface area contributed by atoms with E-state index in [0.717, 1.165) is 19.3 Å². The van der Waals surface area contributed by atoms with E-state index in [1.165, 1.54) is 0 Å². The van der Waals surface area contributed by atoms with Gasteiger partial charge in [-0.1, -0.05) is 26.7 Å². The highest BCUT2D eigenvalue weighted by atomic mass is 16.4. The zero-order chi connectivity index (χ0) is 8.85. The minimum atomic E-state index is -0.895. The lowest BCUT2D eigenvalue weighted by atomic mass is 9.97. The molecule has 0 radical (unpaired) electrons. The molecule has 0 amide bonds. The Balaban J connectivity index is 3.63. The predicted octanol–water partition coefficient (Wildman–Crippen LogP) is 1.22. The van der Waals surface area contributed by atoms with Crippen molar-refractivity contribution in [1.82, 2.24) is 0 Å². The maximum Gasteiger partial charge on any atom is 0.320 e. The molecule has 11 heavy (non-hydrogen) atoms. The molecule has 0 aliphatic carbocycles. The predicted molar refractivity (Wildman–Crippen MR) is 44.3 cm³/mol. The van der Waals surface area contributed by atoms with Gasteiger partial charge in [0.25, 0.3) is 0 Å². The standard InChI is InChI=1S/C8H17NO2/c1-3-4-5-6(2)7(9)8(10)11/h6-7H,3-5,9H2,1-2H3,(H,10,11)/t6-,7?/m0/s1. The van der Waals surface area contributed by atoms with Crippen LogP contribution in [-0.2, 0) is 4.79 Å². The molecule has 3 N–H and O–H groups in total. The van der Waals surface area contributed by atoms with E-state index in [9.17, 15) is 4.79 Å². The van der Waals surface area contributed by atoms with Gasteiger partial charge >= 0.3 is 5.97 Å². The number of hydrogen-bond acceptors (Lipinski definition) is 2. The fourth-order valence-electron chi connectivity index (χ4n) is 0.949. The lowest BCUT2D eigenvalue weighted by Gasteiger charge is -2.14. The molecule has 0 spiro atoms. The summed E-state index contributed by atoms with van der Waals surface area (Å²) in [4.78, 5) is 10.4. The second kappa shape index (κ2) is 5.13. The highest BCUT2D eigenvalue weighted by Gasteiger charge is 2.18. The van der Waals surface area contributed by atoms with E-state index in [2.05, 4.69) is 6.92 Å². The summed E-state index contributed by atoms with van der Waals surface area (Å²) in [6.07, 6.45) is 3.06. The normalized spacial score (nSPS) is 15.9. The number of carbonyl (C=O) groups is 1. The summed E-state index contributed by atoms with van der Waals surface area (Å²) in [6, 6.07) is -0.693. The summed E-state index contributed by atoms with van der Waals surface area (Å²) in [5, 5.41) is 8.53. The van der Waals surface area contributed by atoms with E-state index < -0.39 is 12.0 Å². The van der Waals surface area contributed by atoms with E-state index in [1.54, 1.807) is 0 Å². The Morgan fingerprint density at radius 2 is 2.18 bits per heavy atom. The second-order valence-electron chi connectivity index (χ2n) is 2.98. The smallest absolute Gasteiger partial charge is 0.320 e. The molecule has 0 aromatic heterocycles. The van der Waals surface area contributed by atoms with Crippen LogP contribution in [0.4, 0.5) is 0 Å². The van der Waals surface area contributed by atoms with Gasteiger partial charge in [-0.05, 0) is 12.3 Å². The molecule has 0 fully saturated rings. The molecule has 0 rings (SSSR count). The molecule has 0 bridgehead atoms. The Morgan fingerprint density at radius 1 is 1.64 bits per heavy atom. The maximum absolute atomic E-state index is 10.4. The van der Waals surface area contributed by atoms with E-state index in [0.29, 0.717) is 0 Å². The molecule has 0 saturated carbocycles. The van der Waals surface area contributed by atoms with Crippen molar-refractivity contribution in [2.75, 3.05) is 0 Å². The number of rotatable bonds is 5. The van der Waals surface area contributed by atoms with Gasteiger partial charge in [0, 0.05) is 0 Å². The Hall–Kier alpha value is -0.570. The molecule has 0 saturated heterocycles. The largest absolute Gasteiger partial charge is 0.480 e. The Bertz CT molecular complexity index is 125. The van der Waals surface area contributed by atoms with Crippen molar-refractivity contribution in [1.29, 1.82) is 0 Å². The van der Waals surface area contributed by atoms with Crippen LogP contribution in [0.2, 0.25) is 0 Å². The molecular formula is C8H17NO2. The first-order chi connectivity index (χ1) is 5.09. The van der Waals surface area contributed by atoms with E-state index >= 15 is 0 Å². The van der Waals surface area contributed by atoms with Crippen LogP contribution in [-0.4, -0.2) is 17.1 Å². The minimum Gasteiger partial charge on any atom is -0.480 e. The first-order valence-corrected chi connectivity index (χ1v) is 4.08. The minimum absolute atomic E-state index is 0.0902. The van der Waals surface area contributed by atoms with Crippen molar-refractivity contribution in [3.63, 3.8) is 0 Å². The third kappa shape index (κ3) is 3.98. The van der Waals surface area contributed by atoms with Crippen LogP contribution in [0.1, 0.15) is 33.1 Å². The number of aliphatic carboxylic acids is 1. The van der Waals surface area contributed by atoms with Gasteiger partial charge in [-0.3, -0.25) is 4.79 Å². The Labute approximate surface area is 67.6 Å². The molecule has 0 heterocycles. The zero-order valence-corrected chi connectivity index (χ0v) is 7.21. The van der Waals surface area contributed by atoms with Gasteiger partial charge in [0.05, 0.1) is 0 Å². The average Bonchev–Trinajstić information content (AvgIpc) is 1.98. The Morgan fingerprint density at radius 3 is 2.55 bits per heavy atom. The monoisotopic (exact) mass is 159 g/mol. The number of hydrogen-bond donors (Lipinski definition) is 2. The van der Waals surface area contributed by atoms with Gasteiger partial charge in [0.2, 0.25) is 0 Å². The fourth-order valence-corrected chi connectivity index (χ4v) is 0.949. The third-order valence-electron chi connectivity index (χ3n) is 1.91. The topological polar surface area (TPSA) is 63.3 Å². The highest BCUT2D eigenvalue weighted by molar-refractivity contribution is 5.73. The van der Waals surface area contributed by atoms with Gasteiger partial charge in [-0.2, -0.15) is 0 Å². The van der Waals surface area contributed by atoms with Crippen LogP contribution in [0, 0.1) is 5.92 Å². The van der Waals surface area contributed by atoms with Crippen molar-refractivity contribution >= 4 is 5.97 Å². The van der Waals surface area contributed by atoms with Gasteiger partial charge in [-0.15, -0.1) is 0 Å². The SMILES string of the molecule is CCCC[C@H](C)C(N)C(=O)O. The summed E-state index contributed by atoms with van der Waals surface area (Å²) in [5.41, 5.74) is 5.40. The van der Waals surface area contributed by atoms with Crippen molar-refractivity contribution in [2.45, 2.75) is 39.2 Å². The van der Waals surface area contributed by atoms with Crippen molar-refractivity contribution in [2.24, 2.45) is 11.7 Å². The van der Waals surface area contributed by atoms with Crippen LogP contribution >= 0.6 is 0 Å². The van der Waals surface area contributed by atoms with Gasteiger partial charge in [-0.25, -0.2) is 0 Å². The molecule has 3 nitrogen and oxygen atoms in total. The first kappa shape index (κ1) is 10.4. The molecule has 0 aliphatic heterocycles. The second-order valence-corrected chi connectivity index (χ2v) is 2.98. The number of carboxylic acid groups (broad SMARTS) is 1. The summed E-state index contributed by atoms with van der Waals surface area (Å²) >= 11 is 0. The molecule has 1 unspecified atom stereocenters. The molecule has 3 heteroatoms. The van der Waals surface area contributed by atoms with Crippen LogP contribution in [0.3, 0.4) is 0 Å². The molecule has 2 atom stereocenters. The number of nitrogens with two attached hydrogens (primary N) is 1. The Kier molecular flexibility index (Phi) is 4.86. The summed E-state index contributed by atoms with van der Waals surface area (Å²) in [7, 11) is 0. The maximum atomic E-state index is 10.4. The quantitative estimate of drug-likeness (QED) is 0.634. The van der Waals surface area contributed by atoms with Gasteiger partial charge in [0.1, 0.15) is 6.04 Å². The summed E-state index contributed by atoms with van der Waals surface area (Å²) < 4.78 is 0. The molecule has 0 aromatic carbocycles. The van der Waals surface area contributed by atoms with Crippen molar-refractivity contribution in [3.8, 4) is 0 Å². The lowest BCUT2D eigenvalue weighted by molar-refractivity contribution is -0.139. The van der Waals surface area contributed by atoms with Crippen LogP contribution in [0.15, 0.2) is 0 Å². The van der Waals surface area contributed by atoms with Crippen LogP contribution in [0.25, 0.3) is 0 Å². The third-order valence-corrected chi connectivity index (χ3v) is 1.91. The molecule has 0 aliphatic rings. The van der Waals surface area contributed by atoms with Crippen molar-refractivity contribution in [3.05, 3.63) is 0 Å². The van der Waals surface area contributed by atoms with Crippen molar-refractivity contribution < 1.29 is 9.90 Å². The molecular weight excluding hydrogens is 142 g/mol. The van der Waals surface area contributed by atoms with E-state index in [4.69, 9.17) is 10.8 Å². The summed E-state index contributed by atoms with van der Waals surface area (Å²) in [5.74, 6) is -0.805. The van der Waals surface area contributed by atoms with E-state index in [-0.39, 0.29) is 5.92 Å². The fraction of sp³-hybridized carbons (Fsp3) is 0.875. The van der Waals surface area contributed by atoms with Crippen LogP contribution in [0.5, 0.6) is 0 Å². The molecule has 66 valence electrons. The molecule has 0 aromatic rings. The number of carboxylic acids is 1. The first-order valence-electron chi connectivity index (χ1n) is 4.08. The van der Waals surface area contributed by atoms with E-state index in [1.807, 2.05) is 6.92 Å². The number of unbranched alkanes of at least 4 members (excludes halogenated alkanes) is 1. The highest BCUT2D eigenvalue weighted by Crippen LogP contribution is 2.10. The lowest BCUT2D eigenvalue weighted by Crippen LogP contribution is -2.36. The summed E-state index contributed by atoms with van der Waals surface area (Å²) in [6.45, 7) is 3.97. The average molecular weight is 159 g/mol. The van der Waals surface area contributed by atoms with Gasteiger partial charge < -0.3 is 10.8 Å². The zero-order valence-electron chi connectivity index (χ0n) is 7.21. The van der Waals surface area contributed by atoms with Gasteiger partial charge in [0.15, 0.2) is 0 Å². The van der Waals surface area contributed by atoms with Crippen LogP contribution < -0.4 is 5.73 Å².